The fourth-order valence-electron chi connectivity index (χ4n) is 4.25. The molecule has 3 aromatic rings. The molecule has 1 atom stereocenters. The Morgan fingerprint density at radius 2 is 2.12 bits per heavy atom. The summed E-state index contributed by atoms with van der Waals surface area (Å²) >= 11 is 1.82. The number of fused-ring (bicyclic) bond motifs is 2. The van der Waals surface area contributed by atoms with Crippen LogP contribution < -0.4 is 4.74 Å². The van der Waals surface area contributed by atoms with Crippen molar-refractivity contribution in [3.05, 3.63) is 64.5 Å². The molecule has 136 valence electrons. The van der Waals surface area contributed by atoms with Crippen LogP contribution >= 0.6 is 11.3 Å². The average Bonchev–Trinajstić information content (AvgIpc) is 3.14. The van der Waals surface area contributed by atoms with Gasteiger partial charge in [-0.05, 0) is 84.3 Å². The lowest BCUT2D eigenvalue weighted by atomic mass is 9.82. The second-order valence-corrected chi connectivity index (χ2v) is 8.37. The Kier molecular flexibility index (Phi) is 5.28. The van der Waals surface area contributed by atoms with Crippen molar-refractivity contribution in [1.82, 2.24) is 4.90 Å². The van der Waals surface area contributed by atoms with Gasteiger partial charge in [0.15, 0.2) is 0 Å². The van der Waals surface area contributed by atoms with Gasteiger partial charge in [-0.25, -0.2) is 0 Å². The van der Waals surface area contributed by atoms with Crippen LogP contribution in [0.2, 0.25) is 0 Å². The van der Waals surface area contributed by atoms with Crippen molar-refractivity contribution in [3.63, 3.8) is 0 Å². The van der Waals surface area contributed by atoms with Gasteiger partial charge in [0.05, 0.1) is 7.11 Å². The minimum absolute atomic E-state index is 0.623. The van der Waals surface area contributed by atoms with Gasteiger partial charge < -0.3 is 9.64 Å². The van der Waals surface area contributed by atoms with Crippen LogP contribution in [0.1, 0.15) is 35.4 Å². The number of methoxy groups -OCH3 is 1. The molecule has 0 unspecified atom stereocenters. The Morgan fingerprint density at radius 1 is 1.19 bits per heavy atom. The molecule has 1 aromatic heterocycles. The molecule has 0 saturated heterocycles. The van der Waals surface area contributed by atoms with Crippen molar-refractivity contribution in [2.45, 2.75) is 31.6 Å². The van der Waals surface area contributed by atoms with Crippen LogP contribution in [0.3, 0.4) is 0 Å². The molecular weight excluding hydrogens is 338 g/mol. The SMILES string of the molecule is COc1cccc2c1CCC[C@H]2CN(C)CCc1ccc2sccc2c1. The summed E-state index contributed by atoms with van der Waals surface area (Å²) in [4.78, 5) is 2.50. The lowest BCUT2D eigenvalue weighted by Gasteiger charge is -2.30. The Hall–Kier alpha value is -1.84. The van der Waals surface area contributed by atoms with E-state index in [1.807, 2.05) is 11.3 Å². The fourth-order valence-corrected chi connectivity index (χ4v) is 5.02. The van der Waals surface area contributed by atoms with E-state index in [1.54, 1.807) is 7.11 Å². The number of likely N-dealkylation sites (N-methyl/N-ethyl adjacent to an activating group) is 1. The molecule has 26 heavy (non-hydrogen) atoms. The van der Waals surface area contributed by atoms with Crippen LogP contribution in [0.15, 0.2) is 47.8 Å². The summed E-state index contributed by atoms with van der Waals surface area (Å²) in [5, 5.41) is 3.55. The monoisotopic (exact) mass is 365 g/mol. The number of hydrogen-bond acceptors (Lipinski definition) is 3. The third-order valence-electron chi connectivity index (χ3n) is 5.64. The first-order chi connectivity index (χ1) is 12.7. The van der Waals surface area contributed by atoms with Crippen LogP contribution in [0.25, 0.3) is 10.1 Å². The van der Waals surface area contributed by atoms with Crippen LogP contribution in [-0.4, -0.2) is 32.1 Å². The molecule has 0 bridgehead atoms. The summed E-state index contributed by atoms with van der Waals surface area (Å²) in [5.74, 6) is 1.69. The number of hydrogen-bond donors (Lipinski definition) is 0. The first kappa shape index (κ1) is 17.6. The molecule has 0 radical (unpaired) electrons. The highest BCUT2D eigenvalue weighted by molar-refractivity contribution is 7.17. The number of thiophene rings is 1. The molecule has 1 heterocycles. The Labute approximate surface area is 160 Å². The van der Waals surface area contributed by atoms with Crippen molar-refractivity contribution in [2.24, 2.45) is 0 Å². The smallest absolute Gasteiger partial charge is 0.122 e. The first-order valence-electron chi connectivity index (χ1n) is 9.55. The minimum atomic E-state index is 0.623. The summed E-state index contributed by atoms with van der Waals surface area (Å²) in [7, 11) is 4.05. The molecule has 1 aliphatic carbocycles. The fraction of sp³-hybridized carbons (Fsp3) is 0.391. The van der Waals surface area contributed by atoms with E-state index in [2.05, 4.69) is 59.8 Å². The highest BCUT2D eigenvalue weighted by atomic mass is 32.1. The molecule has 2 nitrogen and oxygen atoms in total. The van der Waals surface area contributed by atoms with Gasteiger partial charge in [0, 0.05) is 17.8 Å². The molecule has 3 heteroatoms. The number of rotatable bonds is 6. The van der Waals surface area contributed by atoms with Crippen molar-refractivity contribution in [1.29, 1.82) is 0 Å². The van der Waals surface area contributed by atoms with Crippen LogP contribution in [0.4, 0.5) is 0 Å². The molecule has 0 N–H and O–H groups in total. The van der Waals surface area contributed by atoms with Crippen molar-refractivity contribution in [2.75, 3.05) is 27.2 Å². The Morgan fingerprint density at radius 3 is 3.00 bits per heavy atom. The molecule has 2 aromatic carbocycles. The lowest BCUT2D eigenvalue weighted by Crippen LogP contribution is -2.28. The van der Waals surface area contributed by atoms with Gasteiger partial charge in [-0.15, -0.1) is 11.3 Å². The molecule has 0 aliphatic heterocycles. The maximum Gasteiger partial charge on any atom is 0.122 e. The average molecular weight is 366 g/mol. The summed E-state index contributed by atoms with van der Waals surface area (Å²) in [6, 6.07) is 15.7. The summed E-state index contributed by atoms with van der Waals surface area (Å²) < 4.78 is 6.97. The Bertz CT molecular complexity index is 885. The highest BCUT2D eigenvalue weighted by Crippen LogP contribution is 2.36. The van der Waals surface area contributed by atoms with Crippen LogP contribution in [0.5, 0.6) is 5.75 Å². The third kappa shape index (κ3) is 3.65. The second-order valence-electron chi connectivity index (χ2n) is 7.42. The van der Waals surface area contributed by atoms with Crippen LogP contribution in [0, 0.1) is 0 Å². The van der Waals surface area contributed by atoms with Gasteiger partial charge in [0.25, 0.3) is 0 Å². The summed E-state index contributed by atoms with van der Waals surface area (Å²) in [6.07, 6.45) is 4.81. The van der Waals surface area contributed by atoms with E-state index in [4.69, 9.17) is 4.74 Å². The van der Waals surface area contributed by atoms with Crippen LogP contribution in [-0.2, 0) is 12.8 Å². The predicted molar refractivity (Wildman–Crippen MR) is 112 cm³/mol. The summed E-state index contributed by atoms with van der Waals surface area (Å²) in [5.41, 5.74) is 4.37. The minimum Gasteiger partial charge on any atom is -0.496 e. The van der Waals surface area contributed by atoms with Gasteiger partial charge in [-0.2, -0.15) is 0 Å². The van der Waals surface area contributed by atoms with Crippen molar-refractivity contribution < 1.29 is 4.74 Å². The maximum atomic E-state index is 5.59. The normalized spacial score (nSPS) is 16.8. The van der Waals surface area contributed by atoms with E-state index < -0.39 is 0 Å². The van der Waals surface area contributed by atoms with Gasteiger partial charge in [-0.1, -0.05) is 24.3 Å². The van der Waals surface area contributed by atoms with Gasteiger partial charge in [0.1, 0.15) is 5.75 Å². The molecule has 0 saturated carbocycles. The second kappa shape index (κ2) is 7.81. The summed E-state index contributed by atoms with van der Waals surface area (Å²) in [6.45, 7) is 2.23. The number of ether oxygens (including phenoxy) is 1. The number of benzene rings is 2. The molecule has 4 rings (SSSR count). The first-order valence-corrected chi connectivity index (χ1v) is 10.4. The molecule has 0 fully saturated rings. The topological polar surface area (TPSA) is 12.5 Å². The Balaban J connectivity index is 1.40. The number of nitrogens with zero attached hydrogens (tertiary/aromatic N) is 1. The van der Waals surface area contributed by atoms with E-state index in [0.29, 0.717) is 5.92 Å². The quantitative estimate of drug-likeness (QED) is 0.571. The van der Waals surface area contributed by atoms with Gasteiger partial charge >= 0.3 is 0 Å². The third-order valence-corrected chi connectivity index (χ3v) is 6.54. The zero-order valence-corrected chi connectivity index (χ0v) is 16.5. The van der Waals surface area contributed by atoms with E-state index >= 15 is 0 Å². The maximum absolute atomic E-state index is 5.59. The van der Waals surface area contributed by atoms with Gasteiger partial charge in [-0.3, -0.25) is 0 Å². The van der Waals surface area contributed by atoms with Gasteiger partial charge in [0.2, 0.25) is 0 Å². The standard InChI is InChI=1S/C23H27NOS/c1-24(13-11-17-9-10-23-18(15-17)12-14-26-23)16-19-5-3-7-21-20(19)6-4-8-22(21)25-2/h4,6,8-10,12,14-15,19H,3,5,7,11,13,16H2,1-2H3/t19-/m0/s1. The van der Waals surface area contributed by atoms with Crippen molar-refractivity contribution >= 4 is 21.4 Å². The van der Waals surface area contributed by atoms with E-state index in [9.17, 15) is 0 Å². The predicted octanol–water partition coefficient (Wildman–Crippen LogP) is 5.50. The van der Waals surface area contributed by atoms with Crippen molar-refractivity contribution in [3.8, 4) is 5.75 Å². The highest BCUT2D eigenvalue weighted by Gasteiger charge is 2.23. The largest absolute Gasteiger partial charge is 0.496 e. The molecule has 0 spiro atoms. The van der Waals surface area contributed by atoms with E-state index in [0.717, 1.165) is 31.7 Å². The van der Waals surface area contributed by atoms with E-state index in [-0.39, 0.29) is 0 Å². The molecule has 0 amide bonds. The van der Waals surface area contributed by atoms with E-state index in [1.165, 1.54) is 39.6 Å². The zero-order chi connectivity index (χ0) is 17.9. The lowest BCUT2D eigenvalue weighted by molar-refractivity contribution is 0.299. The molecular formula is C23H27NOS. The molecule has 1 aliphatic rings. The zero-order valence-electron chi connectivity index (χ0n) is 15.7.